The van der Waals surface area contributed by atoms with Gasteiger partial charge in [0.05, 0.1) is 13.7 Å². The molecule has 4 heteroatoms. The zero-order chi connectivity index (χ0) is 19.9. The maximum Gasteiger partial charge on any atom is 0.204 e. The molecule has 2 nitrogen and oxygen atoms in total. The summed E-state index contributed by atoms with van der Waals surface area (Å²) >= 11 is 0. The molecule has 3 rings (SSSR count). The standard InChI is InChI=1S/C24H36F2O2/c1-3-4-5-17-6-10-19(11-7-17)20-12-8-18(9-13-20)16-28-22-15-14-21(27-2)23(25)24(22)26/h14-15,17-20H,3-13,16H2,1-2H3/t17-,18?,19-,20?. The monoisotopic (exact) mass is 394 g/mol. The topological polar surface area (TPSA) is 18.5 Å². The molecule has 0 amide bonds. The van der Waals surface area contributed by atoms with Crippen molar-refractivity contribution < 1.29 is 18.3 Å². The lowest BCUT2D eigenvalue weighted by molar-refractivity contribution is 0.120. The molecule has 0 aliphatic heterocycles. The van der Waals surface area contributed by atoms with E-state index in [1.54, 1.807) is 0 Å². The molecule has 0 aromatic heterocycles. The average molecular weight is 395 g/mol. The van der Waals surface area contributed by atoms with Gasteiger partial charge in [0.2, 0.25) is 11.6 Å². The molecule has 0 N–H and O–H groups in total. The van der Waals surface area contributed by atoms with Crippen molar-refractivity contribution in [3.63, 3.8) is 0 Å². The van der Waals surface area contributed by atoms with E-state index in [4.69, 9.17) is 9.47 Å². The summed E-state index contributed by atoms with van der Waals surface area (Å²) in [5.74, 6) is 1.17. The Morgan fingerprint density at radius 2 is 1.36 bits per heavy atom. The van der Waals surface area contributed by atoms with Gasteiger partial charge in [0.25, 0.3) is 0 Å². The second-order valence-electron chi connectivity index (χ2n) is 8.91. The van der Waals surface area contributed by atoms with Gasteiger partial charge in [-0.15, -0.1) is 0 Å². The van der Waals surface area contributed by atoms with Gasteiger partial charge in [0, 0.05) is 0 Å². The summed E-state index contributed by atoms with van der Waals surface area (Å²) < 4.78 is 38.3. The third-order valence-corrected chi connectivity index (χ3v) is 7.12. The lowest BCUT2D eigenvalue weighted by Crippen LogP contribution is -2.27. The van der Waals surface area contributed by atoms with Crippen molar-refractivity contribution in [2.75, 3.05) is 13.7 Å². The number of unbranched alkanes of at least 4 members (excludes halogenated alkanes) is 1. The van der Waals surface area contributed by atoms with E-state index < -0.39 is 11.6 Å². The molecule has 0 bridgehead atoms. The molecule has 0 saturated heterocycles. The van der Waals surface area contributed by atoms with Crippen LogP contribution < -0.4 is 9.47 Å². The van der Waals surface area contributed by atoms with Crippen molar-refractivity contribution in [3.8, 4) is 11.5 Å². The fraction of sp³-hybridized carbons (Fsp3) is 0.750. The summed E-state index contributed by atoms with van der Waals surface area (Å²) in [6.45, 7) is 2.76. The number of rotatable bonds is 8. The Hall–Kier alpha value is -1.32. The van der Waals surface area contributed by atoms with Crippen LogP contribution in [-0.4, -0.2) is 13.7 Å². The van der Waals surface area contributed by atoms with Gasteiger partial charge in [-0.05, 0) is 74.3 Å². The lowest BCUT2D eigenvalue weighted by atomic mass is 9.69. The molecule has 0 spiro atoms. The number of halogens is 2. The van der Waals surface area contributed by atoms with Gasteiger partial charge in [0.1, 0.15) is 0 Å². The third-order valence-electron chi connectivity index (χ3n) is 7.12. The molecule has 2 fully saturated rings. The molecule has 0 heterocycles. The zero-order valence-corrected chi connectivity index (χ0v) is 17.5. The minimum absolute atomic E-state index is 0.00850. The second-order valence-corrected chi connectivity index (χ2v) is 8.91. The van der Waals surface area contributed by atoms with E-state index in [9.17, 15) is 8.78 Å². The number of benzene rings is 1. The van der Waals surface area contributed by atoms with Crippen molar-refractivity contribution in [1.29, 1.82) is 0 Å². The SMILES string of the molecule is CCCC[C@H]1CC[C@H](C2CCC(COc3ccc(OC)c(F)c3F)CC2)CC1. The molecule has 2 aliphatic rings. The lowest BCUT2D eigenvalue weighted by Gasteiger charge is -2.38. The van der Waals surface area contributed by atoms with Gasteiger partial charge in [-0.1, -0.05) is 39.0 Å². The predicted molar refractivity (Wildman–Crippen MR) is 109 cm³/mol. The van der Waals surface area contributed by atoms with Crippen LogP contribution in [0.5, 0.6) is 11.5 Å². The summed E-state index contributed by atoms with van der Waals surface area (Å²) in [6.07, 6.45) is 14.6. The van der Waals surface area contributed by atoms with E-state index in [0.29, 0.717) is 12.5 Å². The molecule has 2 aliphatic carbocycles. The molecular weight excluding hydrogens is 358 g/mol. The maximum absolute atomic E-state index is 14.0. The number of hydrogen-bond donors (Lipinski definition) is 0. The largest absolute Gasteiger partial charge is 0.494 e. The van der Waals surface area contributed by atoms with E-state index in [1.165, 1.54) is 77.0 Å². The summed E-state index contributed by atoms with van der Waals surface area (Å²) in [5.41, 5.74) is 0. The van der Waals surface area contributed by atoms with Crippen LogP contribution in [0.1, 0.15) is 77.6 Å². The highest BCUT2D eigenvalue weighted by atomic mass is 19.2. The molecule has 0 unspecified atom stereocenters. The van der Waals surface area contributed by atoms with E-state index in [1.807, 2.05) is 0 Å². The van der Waals surface area contributed by atoms with Crippen molar-refractivity contribution >= 4 is 0 Å². The highest BCUT2D eigenvalue weighted by Crippen LogP contribution is 2.42. The first-order valence-electron chi connectivity index (χ1n) is 11.3. The first-order chi connectivity index (χ1) is 13.6. The number of hydrogen-bond acceptors (Lipinski definition) is 2. The van der Waals surface area contributed by atoms with Crippen LogP contribution in [0.2, 0.25) is 0 Å². The Morgan fingerprint density at radius 3 is 1.93 bits per heavy atom. The molecule has 2 saturated carbocycles. The van der Waals surface area contributed by atoms with Gasteiger partial charge < -0.3 is 9.47 Å². The smallest absolute Gasteiger partial charge is 0.204 e. The fourth-order valence-corrected chi connectivity index (χ4v) is 5.26. The normalized spacial score (nSPS) is 28.1. The predicted octanol–water partition coefficient (Wildman–Crippen LogP) is 7.16. The zero-order valence-electron chi connectivity index (χ0n) is 17.5. The molecule has 1 aromatic rings. The van der Waals surface area contributed by atoms with E-state index in [2.05, 4.69) is 6.92 Å². The van der Waals surface area contributed by atoms with Crippen LogP contribution in [0.25, 0.3) is 0 Å². The molecular formula is C24H36F2O2. The molecule has 1 aromatic carbocycles. The van der Waals surface area contributed by atoms with Gasteiger partial charge >= 0.3 is 0 Å². The highest BCUT2D eigenvalue weighted by molar-refractivity contribution is 5.34. The summed E-state index contributed by atoms with van der Waals surface area (Å²) in [5, 5.41) is 0. The van der Waals surface area contributed by atoms with Crippen LogP contribution in [0.3, 0.4) is 0 Å². The highest BCUT2D eigenvalue weighted by Gasteiger charge is 2.31. The van der Waals surface area contributed by atoms with Crippen LogP contribution in [0.15, 0.2) is 12.1 Å². The Labute approximate surface area is 169 Å². The summed E-state index contributed by atoms with van der Waals surface area (Å²) in [6, 6.07) is 2.88. The number of ether oxygens (including phenoxy) is 2. The van der Waals surface area contributed by atoms with Crippen LogP contribution in [0, 0.1) is 35.3 Å². The second kappa shape index (κ2) is 10.5. The van der Waals surface area contributed by atoms with Gasteiger partial charge in [-0.25, -0.2) is 0 Å². The van der Waals surface area contributed by atoms with E-state index in [0.717, 1.165) is 30.6 Å². The minimum Gasteiger partial charge on any atom is -0.494 e. The molecule has 0 radical (unpaired) electrons. The first kappa shape index (κ1) is 21.4. The first-order valence-corrected chi connectivity index (χ1v) is 11.3. The summed E-state index contributed by atoms with van der Waals surface area (Å²) in [7, 11) is 1.33. The Bertz CT molecular complexity index is 603. The Kier molecular flexibility index (Phi) is 7.99. The minimum atomic E-state index is -0.974. The Balaban J connectivity index is 1.40. The van der Waals surface area contributed by atoms with Gasteiger partial charge in [-0.2, -0.15) is 8.78 Å². The van der Waals surface area contributed by atoms with Crippen molar-refractivity contribution in [2.24, 2.45) is 23.7 Å². The van der Waals surface area contributed by atoms with Gasteiger partial charge in [-0.3, -0.25) is 0 Å². The van der Waals surface area contributed by atoms with Crippen LogP contribution >= 0.6 is 0 Å². The van der Waals surface area contributed by atoms with Crippen molar-refractivity contribution in [3.05, 3.63) is 23.8 Å². The third kappa shape index (κ3) is 5.39. The van der Waals surface area contributed by atoms with Crippen molar-refractivity contribution in [1.82, 2.24) is 0 Å². The van der Waals surface area contributed by atoms with Crippen LogP contribution in [0.4, 0.5) is 8.78 Å². The summed E-state index contributed by atoms with van der Waals surface area (Å²) in [4.78, 5) is 0. The fourth-order valence-electron chi connectivity index (χ4n) is 5.26. The molecule has 158 valence electrons. The van der Waals surface area contributed by atoms with Gasteiger partial charge in [0.15, 0.2) is 11.5 Å². The number of methoxy groups -OCH3 is 1. The molecule has 28 heavy (non-hydrogen) atoms. The van der Waals surface area contributed by atoms with E-state index >= 15 is 0 Å². The average Bonchev–Trinajstić information content (AvgIpc) is 2.74. The maximum atomic E-state index is 14.0. The van der Waals surface area contributed by atoms with E-state index in [-0.39, 0.29) is 11.5 Å². The Morgan fingerprint density at radius 1 is 0.821 bits per heavy atom. The molecule has 0 atom stereocenters. The van der Waals surface area contributed by atoms with Crippen LogP contribution in [-0.2, 0) is 0 Å². The van der Waals surface area contributed by atoms with Crippen molar-refractivity contribution in [2.45, 2.75) is 77.6 Å². The quantitative estimate of drug-likeness (QED) is 0.466.